The maximum Gasteiger partial charge on any atom is 0.264 e. The number of likely N-dealkylation sites (tertiary alicyclic amines) is 1. The summed E-state index contributed by atoms with van der Waals surface area (Å²) in [6.07, 6.45) is 0.835. The summed E-state index contributed by atoms with van der Waals surface area (Å²) in [6.45, 7) is 1.37. The number of hydrogen-bond donors (Lipinski definition) is 1. The monoisotopic (exact) mass is 345 g/mol. The Kier molecular flexibility index (Phi) is 4.59. The van der Waals surface area contributed by atoms with Gasteiger partial charge in [-0.2, -0.15) is 0 Å². The van der Waals surface area contributed by atoms with Gasteiger partial charge in [0.25, 0.3) is 5.91 Å². The van der Waals surface area contributed by atoms with Crippen molar-refractivity contribution in [2.24, 2.45) is 5.73 Å². The van der Waals surface area contributed by atoms with Crippen LogP contribution >= 0.6 is 27.3 Å². The van der Waals surface area contributed by atoms with Crippen molar-refractivity contribution in [2.75, 3.05) is 26.7 Å². The van der Waals surface area contributed by atoms with Crippen LogP contribution in [0.3, 0.4) is 0 Å². The first-order valence-electron chi connectivity index (χ1n) is 6.01. The first-order valence-corrected chi connectivity index (χ1v) is 7.62. The highest BCUT2D eigenvalue weighted by Gasteiger charge is 2.25. The van der Waals surface area contributed by atoms with E-state index >= 15 is 0 Å². The zero-order valence-corrected chi connectivity index (χ0v) is 13.0. The van der Waals surface area contributed by atoms with Crippen molar-refractivity contribution in [3.05, 3.63) is 20.8 Å². The molecule has 0 aromatic carbocycles. The van der Waals surface area contributed by atoms with Gasteiger partial charge in [-0.25, -0.2) is 0 Å². The summed E-state index contributed by atoms with van der Waals surface area (Å²) < 4.78 is 0.904. The third-order valence-electron chi connectivity index (χ3n) is 3.08. The van der Waals surface area contributed by atoms with Crippen molar-refractivity contribution in [1.82, 2.24) is 9.80 Å². The van der Waals surface area contributed by atoms with Crippen molar-refractivity contribution < 1.29 is 9.59 Å². The minimum Gasteiger partial charge on any atom is -0.340 e. The van der Waals surface area contributed by atoms with Gasteiger partial charge in [0.1, 0.15) is 0 Å². The van der Waals surface area contributed by atoms with Crippen molar-refractivity contribution >= 4 is 39.1 Å². The molecule has 1 aliphatic heterocycles. The van der Waals surface area contributed by atoms with Gasteiger partial charge >= 0.3 is 0 Å². The molecule has 0 radical (unpaired) electrons. The molecule has 19 heavy (non-hydrogen) atoms. The summed E-state index contributed by atoms with van der Waals surface area (Å²) in [5.41, 5.74) is 5.77. The van der Waals surface area contributed by atoms with Crippen LogP contribution in [0.25, 0.3) is 0 Å². The third-order valence-corrected chi connectivity index (χ3v) is 4.69. The average Bonchev–Trinajstić information content (AvgIpc) is 2.97. The van der Waals surface area contributed by atoms with Gasteiger partial charge in [-0.1, -0.05) is 0 Å². The Morgan fingerprint density at radius 2 is 2.32 bits per heavy atom. The summed E-state index contributed by atoms with van der Waals surface area (Å²) in [4.78, 5) is 27.9. The first kappa shape index (κ1) is 14.5. The number of likely N-dealkylation sites (N-methyl/N-ethyl adjacent to an activating group) is 1. The zero-order chi connectivity index (χ0) is 14.0. The number of nitrogens with two attached hydrogens (primary N) is 1. The van der Waals surface area contributed by atoms with Gasteiger partial charge in [0, 0.05) is 26.2 Å². The van der Waals surface area contributed by atoms with Crippen LogP contribution in [0.1, 0.15) is 16.1 Å². The maximum absolute atomic E-state index is 12.1. The number of hydrogen-bond acceptors (Lipinski definition) is 4. The molecule has 1 aliphatic rings. The lowest BCUT2D eigenvalue weighted by Crippen LogP contribution is -2.40. The first-order chi connectivity index (χ1) is 8.97. The molecule has 104 valence electrons. The second-order valence-corrected chi connectivity index (χ2v) is 7.12. The van der Waals surface area contributed by atoms with Crippen molar-refractivity contribution in [1.29, 1.82) is 0 Å². The van der Waals surface area contributed by atoms with Crippen molar-refractivity contribution in [3.8, 4) is 0 Å². The van der Waals surface area contributed by atoms with Gasteiger partial charge in [-0.05, 0) is 34.5 Å². The normalized spacial score (nSPS) is 18.7. The van der Waals surface area contributed by atoms with E-state index in [0.717, 1.165) is 10.2 Å². The molecule has 0 saturated carbocycles. The Bertz CT molecular complexity index is 491. The summed E-state index contributed by atoms with van der Waals surface area (Å²) >= 11 is 4.68. The molecule has 0 unspecified atom stereocenters. The highest BCUT2D eigenvalue weighted by atomic mass is 79.9. The summed E-state index contributed by atoms with van der Waals surface area (Å²) in [5.74, 6) is -0.174. The van der Waals surface area contributed by atoms with E-state index in [4.69, 9.17) is 5.73 Å². The highest BCUT2D eigenvalue weighted by Crippen LogP contribution is 2.23. The van der Waals surface area contributed by atoms with Crippen LogP contribution < -0.4 is 5.73 Å². The van der Waals surface area contributed by atoms with Crippen LogP contribution in [0.4, 0.5) is 0 Å². The Balaban J connectivity index is 1.91. The lowest BCUT2D eigenvalue weighted by molar-refractivity contribution is -0.130. The molecule has 1 fully saturated rings. The minimum absolute atomic E-state index is 0.0422. The largest absolute Gasteiger partial charge is 0.340 e. The quantitative estimate of drug-likeness (QED) is 0.893. The standard InChI is InChI=1S/C12H16BrN3O2S/c1-15(12(18)9-2-3-10(13)19-9)7-11(17)16-5-4-8(14)6-16/h2-3,8H,4-7,14H2,1H3/t8-/m1/s1. The van der Waals surface area contributed by atoms with Gasteiger partial charge in [0.2, 0.25) is 5.91 Å². The molecule has 1 aromatic heterocycles. The molecule has 1 aromatic rings. The van der Waals surface area contributed by atoms with E-state index in [1.165, 1.54) is 16.2 Å². The molecule has 1 atom stereocenters. The molecular formula is C12H16BrN3O2S. The number of carbonyl (C=O) groups excluding carboxylic acids is 2. The second-order valence-electron chi connectivity index (χ2n) is 4.65. The Hall–Kier alpha value is -0.920. The molecule has 0 aliphatic carbocycles. The lowest BCUT2D eigenvalue weighted by atomic mass is 10.3. The third kappa shape index (κ3) is 3.55. The van der Waals surface area contributed by atoms with Crippen LogP contribution in [0.15, 0.2) is 15.9 Å². The lowest BCUT2D eigenvalue weighted by Gasteiger charge is -2.21. The Morgan fingerprint density at radius 3 is 2.84 bits per heavy atom. The number of carbonyl (C=O) groups is 2. The average molecular weight is 346 g/mol. The van der Waals surface area contributed by atoms with E-state index in [2.05, 4.69) is 15.9 Å². The van der Waals surface area contributed by atoms with Gasteiger partial charge < -0.3 is 15.5 Å². The van der Waals surface area contributed by atoms with E-state index in [1.54, 1.807) is 18.0 Å². The Morgan fingerprint density at radius 1 is 1.58 bits per heavy atom. The molecule has 1 saturated heterocycles. The van der Waals surface area contributed by atoms with Gasteiger partial charge in [0.05, 0.1) is 15.2 Å². The Labute approximate surface area is 124 Å². The van der Waals surface area contributed by atoms with E-state index in [9.17, 15) is 9.59 Å². The predicted octanol–water partition coefficient (Wildman–Crippen LogP) is 1.14. The molecular weight excluding hydrogens is 330 g/mol. The van der Waals surface area contributed by atoms with Crippen LogP contribution in [-0.2, 0) is 4.79 Å². The fourth-order valence-electron chi connectivity index (χ4n) is 2.01. The summed E-state index contributed by atoms with van der Waals surface area (Å²) in [6, 6.07) is 3.65. The predicted molar refractivity (Wildman–Crippen MR) is 78.2 cm³/mol. The van der Waals surface area contributed by atoms with E-state index in [1.807, 2.05) is 6.07 Å². The molecule has 2 heterocycles. The number of halogens is 1. The molecule has 2 rings (SSSR count). The van der Waals surface area contributed by atoms with Crippen molar-refractivity contribution in [2.45, 2.75) is 12.5 Å². The molecule has 7 heteroatoms. The number of amides is 2. The maximum atomic E-state index is 12.1. The highest BCUT2D eigenvalue weighted by molar-refractivity contribution is 9.11. The topological polar surface area (TPSA) is 66.6 Å². The SMILES string of the molecule is CN(CC(=O)N1CC[C@@H](N)C1)C(=O)c1ccc(Br)s1. The molecule has 5 nitrogen and oxygen atoms in total. The van der Waals surface area contributed by atoms with E-state index in [0.29, 0.717) is 18.0 Å². The molecule has 0 bridgehead atoms. The van der Waals surface area contributed by atoms with E-state index < -0.39 is 0 Å². The molecule has 0 spiro atoms. The van der Waals surface area contributed by atoms with Gasteiger partial charge in [-0.3, -0.25) is 9.59 Å². The molecule has 2 amide bonds. The molecule has 2 N–H and O–H groups in total. The second kappa shape index (κ2) is 6.02. The van der Waals surface area contributed by atoms with Crippen LogP contribution in [0, 0.1) is 0 Å². The number of rotatable bonds is 3. The smallest absolute Gasteiger partial charge is 0.264 e. The van der Waals surface area contributed by atoms with E-state index in [-0.39, 0.29) is 24.4 Å². The zero-order valence-electron chi connectivity index (χ0n) is 10.6. The van der Waals surface area contributed by atoms with Crippen LogP contribution in [-0.4, -0.2) is 54.3 Å². The van der Waals surface area contributed by atoms with Crippen molar-refractivity contribution in [3.63, 3.8) is 0 Å². The summed E-state index contributed by atoms with van der Waals surface area (Å²) in [5, 5.41) is 0. The van der Waals surface area contributed by atoms with Crippen LogP contribution in [0.2, 0.25) is 0 Å². The van der Waals surface area contributed by atoms with Gasteiger partial charge in [-0.15, -0.1) is 11.3 Å². The fourth-order valence-corrected chi connectivity index (χ4v) is 3.39. The fraction of sp³-hybridized carbons (Fsp3) is 0.500. The van der Waals surface area contributed by atoms with Crippen LogP contribution in [0.5, 0.6) is 0 Å². The number of thiophene rings is 1. The van der Waals surface area contributed by atoms with Gasteiger partial charge in [0.15, 0.2) is 0 Å². The summed E-state index contributed by atoms with van der Waals surface area (Å²) in [7, 11) is 1.64. The minimum atomic E-state index is -0.132. The number of nitrogens with zero attached hydrogens (tertiary/aromatic N) is 2.